The van der Waals surface area contributed by atoms with Gasteiger partial charge < -0.3 is 14.7 Å². The molecule has 1 N–H and O–H groups in total. The monoisotopic (exact) mass is 276 g/mol. The molecule has 0 radical (unpaired) electrons. The number of benzene rings is 1. The minimum atomic E-state index is -1.26. The van der Waals surface area contributed by atoms with Gasteiger partial charge in [0.15, 0.2) is 0 Å². The maximum Gasteiger partial charge on any atom is 0.328 e. The van der Waals surface area contributed by atoms with Crippen LogP contribution in [0, 0.1) is 21.7 Å². The number of aliphatic hydroxyl groups is 1. The highest BCUT2D eigenvalue weighted by Crippen LogP contribution is 2.31. The molecule has 1 rings (SSSR count). The van der Waals surface area contributed by atoms with Crippen LogP contribution in [0.25, 0.3) is 0 Å². The normalized spacial score (nSPS) is 12.3. The van der Waals surface area contributed by atoms with E-state index in [0.717, 1.165) is 6.07 Å². The number of ether oxygens (including phenoxy) is 1. The summed E-state index contributed by atoms with van der Waals surface area (Å²) in [7, 11) is 2.77. The van der Waals surface area contributed by atoms with Gasteiger partial charge in [-0.15, -0.1) is 0 Å². The molecule has 8 heteroatoms. The molecule has 1 aromatic rings. The van der Waals surface area contributed by atoms with E-state index in [0.29, 0.717) is 6.07 Å². The van der Waals surface area contributed by atoms with Crippen LogP contribution in [0.1, 0.15) is 0 Å². The smallest absolute Gasteiger partial charge is 0.328 e. The number of nitro groups is 1. The summed E-state index contributed by atoms with van der Waals surface area (Å²) >= 11 is 0. The van der Waals surface area contributed by atoms with Gasteiger partial charge >= 0.3 is 5.69 Å². The molecular weight excluding hydrogens is 262 g/mol. The minimum absolute atomic E-state index is 0.00986. The Kier molecular flexibility index (Phi) is 5.13. The number of nitro benzene ring substituents is 1. The quantitative estimate of drug-likeness (QED) is 0.626. The third-order valence-corrected chi connectivity index (χ3v) is 2.45. The number of rotatable bonds is 6. The Morgan fingerprint density at radius 3 is 2.68 bits per heavy atom. The number of nitrogens with zero attached hydrogens (tertiary/aromatic N) is 2. The third kappa shape index (κ3) is 3.83. The lowest BCUT2D eigenvalue weighted by Gasteiger charge is -2.22. The number of likely N-dealkylation sites (N-methyl/N-ethyl adjacent to an activating group) is 1. The molecule has 0 amide bonds. The molecule has 0 aromatic heterocycles. The van der Waals surface area contributed by atoms with Gasteiger partial charge in [0.25, 0.3) is 0 Å². The van der Waals surface area contributed by atoms with Gasteiger partial charge in [-0.25, -0.2) is 4.39 Å². The Hall–Kier alpha value is -1.80. The van der Waals surface area contributed by atoms with Crippen molar-refractivity contribution in [3.63, 3.8) is 0 Å². The number of methoxy groups -OCH3 is 1. The second kappa shape index (κ2) is 6.39. The molecule has 0 spiro atoms. The highest BCUT2D eigenvalue weighted by molar-refractivity contribution is 5.63. The van der Waals surface area contributed by atoms with Crippen molar-refractivity contribution in [3.8, 4) is 0 Å². The van der Waals surface area contributed by atoms with Crippen LogP contribution >= 0.6 is 0 Å². The SMILES string of the molecule is COCC(O)CN(C)c1cc(F)cc(F)c1[N+](=O)[O-]. The van der Waals surface area contributed by atoms with Crippen molar-refractivity contribution in [1.82, 2.24) is 0 Å². The first kappa shape index (κ1) is 15.3. The molecule has 0 fully saturated rings. The molecule has 106 valence electrons. The zero-order valence-corrected chi connectivity index (χ0v) is 10.5. The maximum atomic E-state index is 13.4. The molecule has 0 aliphatic heterocycles. The van der Waals surface area contributed by atoms with Crippen LogP contribution < -0.4 is 4.90 Å². The van der Waals surface area contributed by atoms with E-state index < -0.39 is 28.3 Å². The number of halogens is 2. The zero-order valence-electron chi connectivity index (χ0n) is 10.5. The van der Waals surface area contributed by atoms with Crippen LogP contribution in [0.5, 0.6) is 0 Å². The van der Waals surface area contributed by atoms with E-state index in [1.807, 2.05) is 0 Å². The summed E-state index contributed by atoms with van der Waals surface area (Å²) in [5.41, 5.74) is -1.06. The molecule has 1 atom stereocenters. The number of anilines is 1. The van der Waals surface area contributed by atoms with Crippen molar-refractivity contribution in [3.05, 3.63) is 33.9 Å². The van der Waals surface area contributed by atoms with Crippen LogP contribution in [0.15, 0.2) is 12.1 Å². The number of hydrogen-bond donors (Lipinski definition) is 1. The Morgan fingerprint density at radius 2 is 2.16 bits per heavy atom. The Bertz CT molecular complexity index is 470. The number of aliphatic hydroxyl groups excluding tert-OH is 1. The van der Waals surface area contributed by atoms with Gasteiger partial charge in [0.2, 0.25) is 5.82 Å². The van der Waals surface area contributed by atoms with Crippen molar-refractivity contribution in [1.29, 1.82) is 0 Å². The highest BCUT2D eigenvalue weighted by atomic mass is 19.1. The maximum absolute atomic E-state index is 13.4. The van der Waals surface area contributed by atoms with Crippen LogP contribution in [-0.2, 0) is 4.74 Å². The Labute approximate surface area is 108 Å². The molecule has 1 unspecified atom stereocenters. The van der Waals surface area contributed by atoms with E-state index >= 15 is 0 Å². The van der Waals surface area contributed by atoms with E-state index in [9.17, 15) is 24.0 Å². The van der Waals surface area contributed by atoms with E-state index in [1.165, 1.54) is 19.1 Å². The Morgan fingerprint density at radius 1 is 1.53 bits per heavy atom. The summed E-state index contributed by atoms with van der Waals surface area (Å²) in [5, 5.41) is 20.3. The van der Waals surface area contributed by atoms with Gasteiger partial charge in [0.05, 0.1) is 17.6 Å². The molecule has 0 saturated heterocycles. The zero-order chi connectivity index (χ0) is 14.6. The molecule has 0 heterocycles. The first-order chi connectivity index (χ1) is 8.86. The van der Waals surface area contributed by atoms with Gasteiger partial charge in [0.1, 0.15) is 11.5 Å². The fourth-order valence-electron chi connectivity index (χ4n) is 1.68. The molecule has 1 aromatic carbocycles. The molecule has 6 nitrogen and oxygen atoms in total. The molecular formula is C11H14F2N2O4. The van der Waals surface area contributed by atoms with Crippen LogP contribution in [0.3, 0.4) is 0 Å². The largest absolute Gasteiger partial charge is 0.389 e. The summed E-state index contributed by atoms with van der Waals surface area (Å²) in [6.07, 6.45) is -0.930. The highest BCUT2D eigenvalue weighted by Gasteiger charge is 2.25. The summed E-state index contributed by atoms with van der Waals surface area (Å²) in [6.45, 7) is -0.0481. The molecule has 19 heavy (non-hydrogen) atoms. The van der Waals surface area contributed by atoms with Crippen molar-refractivity contribution in [2.24, 2.45) is 0 Å². The minimum Gasteiger partial charge on any atom is -0.389 e. The second-order valence-corrected chi connectivity index (χ2v) is 4.00. The van der Waals surface area contributed by atoms with Gasteiger partial charge in [-0.2, -0.15) is 4.39 Å². The van der Waals surface area contributed by atoms with Crippen LogP contribution in [0.4, 0.5) is 20.2 Å². The first-order valence-electron chi connectivity index (χ1n) is 5.38. The lowest BCUT2D eigenvalue weighted by Crippen LogP contribution is -2.32. The topological polar surface area (TPSA) is 75.8 Å². The molecule has 0 aliphatic rings. The fraction of sp³-hybridized carbons (Fsp3) is 0.455. The predicted molar refractivity (Wildman–Crippen MR) is 64.2 cm³/mol. The van der Waals surface area contributed by atoms with Gasteiger partial charge in [-0.05, 0) is 0 Å². The molecule has 0 saturated carbocycles. The fourth-order valence-corrected chi connectivity index (χ4v) is 1.68. The van der Waals surface area contributed by atoms with E-state index in [1.54, 1.807) is 0 Å². The molecule has 0 aliphatic carbocycles. The van der Waals surface area contributed by atoms with Crippen molar-refractivity contribution in [2.75, 3.05) is 32.2 Å². The van der Waals surface area contributed by atoms with Gasteiger partial charge in [-0.1, -0.05) is 0 Å². The lowest BCUT2D eigenvalue weighted by atomic mass is 10.2. The van der Waals surface area contributed by atoms with E-state index in [4.69, 9.17) is 4.74 Å². The van der Waals surface area contributed by atoms with Crippen molar-refractivity contribution in [2.45, 2.75) is 6.10 Å². The molecule has 0 bridgehead atoms. The van der Waals surface area contributed by atoms with Crippen molar-refractivity contribution < 1.29 is 23.5 Å². The van der Waals surface area contributed by atoms with E-state index in [-0.39, 0.29) is 18.8 Å². The average molecular weight is 276 g/mol. The second-order valence-electron chi connectivity index (χ2n) is 4.00. The standard InChI is InChI=1S/C11H14F2N2O4/c1-14(5-8(16)6-19-2)10-4-7(12)3-9(13)11(10)15(17)18/h3-4,8,16H,5-6H2,1-2H3. The summed E-state index contributed by atoms with van der Waals surface area (Å²) in [6, 6.07) is 1.29. The summed E-state index contributed by atoms with van der Waals surface area (Å²) in [4.78, 5) is 11.1. The van der Waals surface area contributed by atoms with Crippen LogP contribution in [-0.4, -0.2) is 43.4 Å². The summed E-state index contributed by atoms with van der Waals surface area (Å²) < 4.78 is 31.3. The van der Waals surface area contributed by atoms with E-state index in [2.05, 4.69) is 0 Å². The lowest BCUT2D eigenvalue weighted by molar-refractivity contribution is -0.386. The third-order valence-electron chi connectivity index (χ3n) is 2.45. The van der Waals surface area contributed by atoms with Crippen molar-refractivity contribution >= 4 is 11.4 Å². The predicted octanol–water partition coefficient (Wildman–Crippen LogP) is 1.32. The van der Waals surface area contributed by atoms with Crippen LogP contribution in [0.2, 0.25) is 0 Å². The number of hydrogen-bond acceptors (Lipinski definition) is 5. The Balaban J connectivity index is 3.07. The first-order valence-corrected chi connectivity index (χ1v) is 5.38. The van der Waals surface area contributed by atoms with Gasteiger partial charge in [0, 0.05) is 32.8 Å². The average Bonchev–Trinajstić information content (AvgIpc) is 2.27. The van der Waals surface area contributed by atoms with Gasteiger partial charge in [-0.3, -0.25) is 10.1 Å². The summed E-state index contributed by atoms with van der Waals surface area (Å²) in [5.74, 6) is -2.18.